The van der Waals surface area contributed by atoms with E-state index < -0.39 is 21.9 Å². The molecule has 27 heavy (non-hydrogen) atoms. The molecule has 0 aliphatic carbocycles. The molecule has 11 heteroatoms. The molecular weight excluding hydrogens is 385 g/mol. The highest BCUT2D eigenvalue weighted by molar-refractivity contribution is 7.89. The molecule has 0 N–H and O–H groups in total. The fourth-order valence-corrected chi connectivity index (χ4v) is 4.31. The summed E-state index contributed by atoms with van der Waals surface area (Å²) in [6, 6.07) is 3.50. The topological polar surface area (TPSA) is 77.3 Å². The maximum absolute atomic E-state index is 12.7. The first-order valence-corrected chi connectivity index (χ1v) is 9.76. The zero-order valence-electron chi connectivity index (χ0n) is 14.6. The van der Waals surface area contributed by atoms with Crippen molar-refractivity contribution < 1.29 is 26.3 Å². The van der Waals surface area contributed by atoms with Gasteiger partial charge in [-0.25, -0.2) is 13.4 Å². The number of hydrogen-bond acceptors (Lipinski definition) is 5. The summed E-state index contributed by atoms with van der Waals surface area (Å²) in [4.78, 5) is 3.61. The zero-order valence-corrected chi connectivity index (χ0v) is 15.4. The summed E-state index contributed by atoms with van der Waals surface area (Å²) in [7, 11) is -1.94. The number of aryl methyl sites for hydroxylation is 1. The number of sulfonamides is 1. The van der Waals surface area contributed by atoms with Crippen LogP contribution in [0.1, 0.15) is 18.5 Å². The molecule has 0 aromatic carbocycles. The second-order valence-corrected chi connectivity index (χ2v) is 8.30. The number of piperidine rings is 1. The average Bonchev–Trinajstić information content (AvgIpc) is 3.07. The Morgan fingerprint density at radius 1 is 1.26 bits per heavy atom. The van der Waals surface area contributed by atoms with Crippen molar-refractivity contribution in [3.05, 3.63) is 36.3 Å². The SMILES string of the molecule is Cn1cc(S(=O)(=O)N2CCC(COc3cccc(C(F)(F)F)n3)CC2)cn1. The number of alkyl halides is 3. The third-order valence-electron chi connectivity index (χ3n) is 4.37. The van der Waals surface area contributed by atoms with Crippen molar-refractivity contribution in [3.63, 3.8) is 0 Å². The molecule has 2 aromatic rings. The van der Waals surface area contributed by atoms with E-state index in [4.69, 9.17) is 4.74 Å². The van der Waals surface area contributed by atoms with Crippen molar-refractivity contribution in [1.82, 2.24) is 19.1 Å². The van der Waals surface area contributed by atoms with Gasteiger partial charge in [0.05, 0.1) is 12.8 Å². The quantitative estimate of drug-likeness (QED) is 0.764. The second-order valence-electron chi connectivity index (χ2n) is 6.37. The molecule has 2 aromatic heterocycles. The highest BCUT2D eigenvalue weighted by atomic mass is 32.2. The molecule has 0 amide bonds. The Morgan fingerprint density at radius 3 is 2.56 bits per heavy atom. The van der Waals surface area contributed by atoms with E-state index in [2.05, 4.69) is 10.1 Å². The van der Waals surface area contributed by atoms with Crippen molar-refractivity contribution in [2.45, 2.75) is 23.9 Å². The Bertz CT molecular complexity index is 890. The van der Waals surface area contributed by atoms with Crippen molar-refractivity contribution in [2.75, 3.05) is 19.7 Å². The van der Waals surface area contributed by atoms with Crippen molar-refractivity contribution in [1.29, 1.82) is 0 Å². The van der Waals surface area contributed by atoms with Crippen LogP contribution in [0.5, 0.6) is 5.88 Å². The number of halogens is 3. The van der Waals surface area contributed by atoms with Gasteiger partial charge < -0.3 is 4.74 Å². The summed E-state index contributed by atoms with van der Waals surface area (Å²) in [5.41, 5.74) is -1.00. The van der Waals surface area contributed by atoms with Crippen LogP contribution >= 0.6 is 0 Å². The van der Waals surface area contributed by atoms with Gasteiger partial charge in [-0.3, -0.25) is 4.68 Å². The monoisotopic (exact) mass is 404 g/mol. The summed E-state index contributed by atoms with van der Waals surface area (Å²) < 4.78 is 71.3. The molecule has 0 radical (unpaired) electrons. The molecule has 0 saturated carbocycles. The van der Waals surface area contributed by atoms with E-state index in [-0.39, 0.29) is 23.3 Å². The molecule has 1 aliphatic rings. The lowest BCUT2D eigenvalue weighted by atomic mass is 9.99. The molecule has 1 saturated heterocycles. The van der Waals surface area contributed by atoms with Crippen molar-refractivity contribution >= 4 is 10.0 Å². The Balaban J connectivity index is 1.54. The molecule has 7 nitrogen and oxygen atoms in total. The first-order chi connectivity index (χ1) is 12.7. The van der Waals surface area contributed by atoms with E-state index in [1.54, 1.807) is 7.05 Å². The summed E-state index contributed by atoms with van der Waals surface area (Å²) in [5.74, 6) is -0.0445. The average molecular weight is 404 g/mol. The predicted molar refractivity (Wildman–Crippen MR) is 89.4 cm³/mol. The minimum absolute atomic E-state index is 0.0432. The molecule has 0 unspecified atom stereocenters. The van der Waals surface area contributed by atoms with Crippen LogP contribution in [0.3, 0.4) is 0 Å². The van der Waals surface area contributed by atoms with Gasteiger partial charge >= 0.3 is 6.18 Å². The number of nitrogens with zero attached hydrogens (tertiary/aromatic N) is 4. The van der Waals surface area contributed by atoms with E-state index in [1.807, 2.05) is 0 Å². The number of aromatic nitrogens is 3. The van der Waals surface area contributed by atoms with Crippen LogP contribution in [-0.4, -0.2) is 47.2 Å². The molecule has 3 heterocycles. The molecule has 0 atom stereocenters. The van der Waals surface area contributed by atoms with Crippen molar-refractivity contribution in [2.24, 2.45) is 13.0 Å². The van der Waals surface area contributed by atoms with Crippen LogP contribution in [-0.2, 0) is 23.2 Å². The lowest BCUT2D eigenvalue weighted by Crippen LogP contribution is -2.39. The van der Waals surface area contributed by atoms with Gasteiger partial charge in [0, 0.05) is 32.4 Å². The molecular formula is C16H19F3N4O3S. The van der Waals surface area contributed by atoms with E-state index >= 15 is 0 Å². The fourth-order valence-electron chi connectivity index (χ4n) is 2.85. The molecule has 1 fully saturated rings. The molecule has 0 spiro atoms. The lowest BCUT2D eigenvalue weighted by molar-refractivity contribution is -0.141. The van der Waals surface area contributed by atoms with Crippen molar-refractivity contribution in [3.8, 4) is 5.88 Å². The number of hydrogen-bond donors (Lipinski definition) is 0. The normalized spacial score (nSPS) is 17.2. The van der Waals surface area contributed by atoms with Gasteiger partial charge in [-0.2, -0.15) is 22.6 Å². The Labute approximate surface area is 154 Å². The fraction of sp³-hybridized carbons (Fsp3) is 0.500. The number of ether oxygens (including phenoxy) is 1. The molecule has 148 valence electrons. The van der Waals surface area contributed by atoms with Gasteiger partial charge in [-0.15, -0.1) is 0 Å². The smallest absolute Gasteiger partial charge is 0.433 e. The van der Waals surface area contributed by atoms with Crippen LogP contribution in [0.25, 0.3) is 0 Å². The summed E-state index contributed by atoms with van der Waals surface area (Å²) in [6.07, 6.45) is -0.657. The van der Waals surface area contributed by atoms with Crippen LogP contribution in [0.2, 0.25) is 0 Å². The first kappa shape index (κ1) is 19.6. The van der Waals surface area contributed by atoms with Gasteiger partial charge in [0.25, 0.3) is 0 Å². The van der Waals surface area contributed by atoms with Gasteiger partial charge in [-0.05, 0) is 24.8 Å². The standard InChI is InChI=1S/C16H19F3N4O3S/c1-22-10-13(9-20-22)27(24,25)23-7-5-12(6-8-23)11-26-15-4-2-3-14(21-15)16(17,18)19/h2-4,9-10,12H,5-8,11H2,1H3. The van der Waals surface area contributed by atoms with Gasteiger partial charge in [0.2, 0.25) is 15.9 Å². The Kier molecular flexibility index (Phi) is 5.43. The van der Waals surface area contributed by atoms with Gasteiger partial charge in [0.15, 0.2) is 0 Å². The molecule has 1 aliphatic heterocycles. The summed E-state index contributed by atoms with van der Waals surface area (Å²) in [5, 5.41) is 3.88. The number of pyridine rings is 1. The van der Waals surface area contributed by atoms with Crippen LogP contribution in [0.15, 0.2) is 35.5 Å². The Hall–Kier alpha value is -2.14. The minimum Gasteiger partial charge on any atom is -0.477 e. The molecule has 3 rings (SSSR count). The Morgan fingerprint density at radius 2 is 1.96 bits per heavy atom. The highest BCUT2D eigenvalue weighted by Gasteiger charge is 2.33. The first-order valence-electron chi connectivity index (χ1n) is 8.32. The molecule has 0 bridgehead atoms. The lowest BCUT2D eigenvalue weighted by Gasteiger charge is -2.30. The third-order valence-corrected chi connectivity index (χ3v) is 6.22. The number of rotatable bonds is 5. The second kappa shape index (κ2) is 7.47. The van der Waals surface area contributed by atoms with Crippen LogP contribution in [0.4, 0.5) is 13.2 Å². The van der Waals surface area contributed by atoms with E-state index in [1.165, 1.54) is 33.5 Å². The van der Waals surface area contributed by atoms with Crippen LogP contribution in [0, 0.1) is 5.92 Å². The zero-order chi connectivity index (χ0) is 19.7. The predicted octanol–water partition coefficient (Wildman–Crippen LogP) is 2.31. The largest absolute Gasteiger partial charge is 0.477 e. The van der Waals surface area contributed by atoms with E-state index in [0.29, 0.717) is 25.9 Å². The van der Waals surface area contributed by atoms with E-state index in [9.17, 15) is 21.6 Å². The van der Waals surface area contributed by atoms with Gasteiger partial charge in [-0.1, -0.05) is 6.07 Å². The third kappa shape index (κ3) is 4.59. The highest BCUT2D eigenvalue weighted by Crippen LogP contribution is 2.29. The van der Waals surface area contributed by atoms with Gasteiger partial charge in [0.1, 0.15) is 10.6 Å². The van der Waals surface area contributed by atoms with E-state index in [0.717, 1.165) is 6.07 Å². The summed E-state index contributed by atoms with van der Waals surface area (Å²) >= 11 is 0. The minimum atomic E-state index is -4.52. The maximum Gasteiger partial charge on any atom is 0.433 e. The summed E-state index contributed by atoms with van der Waals surface area (Å²) in [6.45, 7) is 0.831. The maximum atomic E-state index is 12.7. The van der Waals surface area contributed by atoms with Crippen LogP contribution < -0.4 is 4.74 Å².